The monoisotopic (exact) mass is 252 g/mol. The van der Waals surface area contributed by atoms with Gasteiger partial charge in [0.25, 0.3) is 0 Å². The first-order valence-corrected chi connectivity index (χ1v) is 6.19. The summed E-state index contributed by atoms with van der Waals surface area (Å²) in [6.45, 7) is 4.67. The van der Waals surface area contributed by atoms with Crippen molar-refractivity contribution in [2.45, 2.75) is 38.4 Å². The minimum Gasteiger partial charge on any atom is -0.385 e. The molecule has 100 valence electrons. The van der Waals surface area contributed by atoms with Crippen molar-refractivity contribution in [3.63, 3.8) is 0 Å². The first-order valence-electron chi connectivity index (χ1n) is 6.19. The van der Waals surface area contributed by atoms with Crippen molar-refractivity contribution >= 4 is 0 Å². The fourth-order valence-corrected chi connectivity index (χ4v) is 1.87. The van der Waals surface area contributed by atoms with Crippen LogP contribution >= 0.6 is 0 Å². The smallest absolute Gasteiger partial charge is 0.155 e. The Hall–Kier alpha value is -0.940. The molecule has 0 aromatic heterocycles. The van der Waals surface area contributed by atoms with E-state index in [4.69, 9.17) is 14.2 Å². The SMILES string of the molecule is C[C@@H]1OC[C@@](C)(O)[C@H](COCc2ccccc2)O1. The fraction of sp³-hybridized carbons (Fsp3) is 0.571. The van der Waals surface area contributed by atoms with Crippen molar-refractivity contribution in [3.8, 4) is 0 Å². The molecule has 1 aliphatic rings. The molecule has 1 aromatic carbocycles. The van der Waals surface area contributed by atoms with Gasteiger partial charge in [0.1, 0.15) is 11.7 Å². The Morgan fingerprint density at radius 1 is 1.39 bits per heavy atom. The van der Waals surface area contributed by atoms with E-state index in [0.717, 1.165) is 5.56 Å². The van der Waals surface area contributed by atoms with Gasteiger partial charge in [-0.2, -0.15) is 0 Å². The highest BCUT2D eigenvalue weighted by molar-refractivity contribution is 5.13. The predicted octanol–water partition coefficient (Wildman–Crippen LogP) is 1.72. The van der Waals surface area contributed by atoms with Crippen LogP contribution in [0.25, 0.3) is 0 Å². The van der Waals surface area contributed by atoms with E-state index in [-0.39, 0.29) is 19.0 Å². The lowest BCUT2D eigenvalue weighted by Crippen LogP contribution is -2.54. The molecule has 1 N–H and O–H groups in total. The third-order valence-corrected chi connectivity index (χ3v) is 3.04. The highest BCUT2D eigenvalue weighted by Crippen LogP contribution is 2.22. The maximum absolute atomic E-state index is 10.1. The van der Waals surface area contributed by atoms with Gasteiger partial charge in [0.2, 0.25) is 0 Å². The van der Waals surface area contributed by atoms with Gasteiger partial charge in [0.15, 0.2) is 6.29 Å². The summed E-state index contributed by atoms with van der Waals surface area (Å²) >= 11 is 0. The summed E-state index contributed by atoms with van der Waals surface area (Å²) in [4.78, 5) is 0. The summed E-state index contributed by atoms with van der Waals surface area (Å²) in [7, 11) is 0. The number of rotatable bonds is 4. The van der Waals surface area contributed by atoms with Gasteiger partial charge in [-0.25, -0.2) is 0 Å². The van der Waals surface area contributed by atoms with Crippen LogP contribution in [0.3, 0.4) is 0 Å². The number of ether oxygens (including phenoxy) is 3. The maximum Gasteiger partial charge on any atom is 0.155 e. The minimum atomic E-state index is -0.997. The summed E-state index contributed by atoms with van der Waals surface area (Å²) in [6, 6.07) is 9.93. The second-order valence-electron chi connectivity index (χ2n) is 4.86. The lowest BCUT2D eigenvalue weighted by Gasteiger charge is -2.39. The second kappa shape index (κ2) is 5.80. The number of hydrogen-bond acceptors (Lipinski definition) is 4. The zero-order chi connectivity index (χ0) is 13.0. The molecule has 0 amide bonds. The van der Waals surface area contributed by atoms with E-state index in [1.54, 1.807) is 6.92 Å². The summed E-state index contributed by atoms with van der Waals surface area (Å²) in [5.41, 5.74) is 0.112. The molecule has 4 heteroatoms. The Balaban J connectivity index is 1.82. The normalized spacial score (nSPS) is 32.4. The van der Waals surface area contributed by atoms with Crippen LogP contribution < -0.4 is 0 Å². The summed E-state index contributed by atoms with van der Waals surface area (Å²) in [6.07, 6.45) is -0.652. The molecule has 0 spiro atoms. The Labute approximate surface area is 107 Å². The van der Waals surface area contributed by atoms with Crippen molar-refractivity contribution in [1.29, 1.82) is 0 Å². The molecule has 18 heavy (non-hydrogen) atoms. The molecular weight excluding hydrogens is 232 g/mol. The summed E-state index contributed by atoms with van der Waals surface area (Å²) in [5.74, 6) is 0. The van der Waals surface area contributed by atoms with E-state index in [1.807, 2.05) is 37.3 Å². The van der Waals surface area contributed by atoms with E-state index in [2.05, 4.69) is 0 Å². The average Bonchev–Trinajstić information content (AvgIpc) is 2.35. The molecule has 1 aromatic rings. The largest absolute Gasteiger partial charge is 0.385 e. The number of aliphatic hydroxyl groups is 1. The molecule has 1 aliphatic heterocycles. The van der Waals surface area contributed by atoms with Gasteiger partial charge in [0, 0.05) is 0 Å². The van der Waals surface area contributed by atoms with Crippen molar-refractivity contribution in [2.24, 2.45) is 0 Å². The summed E-state index contributed by atoms with van der Waals surface area (Å²) < 4.78 is 16.4. The Morgan fingerprint density at radius 3 is 2.83 bits per heavy atom. The molecule has 3 atom stereocenters. The molecular formula is C14H20O4. The van der Waals surface area contributed by atoms with Crippen molar-refractivity contribution in [2.75, 3.05) is 13.2 Å². The third-order valence-electron chi connectivity index (χ3n) is 3.04. The van der Waals surface area contributed by atoms with Crippen molar-refractivity contribution in [1.82, 2.24) is 0 Å². The van der Waals surface area contributed by atoms with Gasteiger partial charge >= 0.3 is 0 Å². The molecule has 1 heterocycles. The topological polar surface area (TPSA) is 47.9 Å². The number of benzene rings is 1. The van der Waals surface area contributed by atoms with Crippen LogP contribution in [0.15, 0.2) is 30.3 Å². The Morgan fingerprint density at radius 2 is 2.11 bits per heavy atom. The van der Waals surface area contributed by atoms with Gasteiger partial charge in [-0.3, -0.25) is 0 Å². The van der Waals surface area contributed by atoms with Crippen LogP contribution in [0.4, 0.5) is 0 Å². The van der Waals surface area contributed by atoms with E-state index < -0.39 is 5.60 Å². The van der Waals surface area contributed by atoms with Crippen LogP contribution in [0, 0.1) is 0 Å². The van der Waals surface area contributed by atoms with Gasteiger partial charge in [-0.1, -0.05) is 30.3 Å². The second-order valence-corrected chi connectivity index (χ2v) is 4.86. The molecule has 0 saturated carbocycles. The fourth-order valence-electron chi connectivity index (χ4n) is 1.87. The third kappa shape index (κ3) is 3.53. The van der Waals surface area contributed by atoms with Crippen LogP contribution in [-0.4, -0.2) is 36.3 Å². The van der Waals surface area contributed by atoms with Crippen molar-refractivity contribution < 1.29 is 19.3 Å². The number of hydrogen-bond donors (Lipinski definition) is 1. The lowest BCUT2D eigenvalue weighted by atomic mass is 10.00. The van der Waals surface area contributed by atoms with Crippen molar-refractivity contribution in [3.05, 3.63) is 35.9 Å². The first kappa shape index (κ1) is 13.5. The van der Waals surface area contributed by atoms with Gasteiger partial charge in [-0.05, 0) is 19.4 Å². The highest BCUT2D eigenvalue weighted by Gasteiger charge is 2.39. The molecule has 0 bridgehead atoms. The first-order chi connectivity index (χ1) is 8.58. The van der Waals surface area contributed by atoms with E-state index in [9.17, 15) is 5.11 Å². The van der Waals surface area contributed by atoms with Crippen LogP contribution in [0.2, 0.25) is 0 Å². The predicted molar refractivity (Wildman–Crippen MR) is 67.0 cm³/mol. The average molecular weight is 252 g/mol. The quantitative estimate of drug-likeness (QED) is 0.886. The maximum atomic E-state index is 10.1. The molecule has 0 radical (unpaired) electrons. The highest BCUT2D eigenvalue weighted by atomic mass is 16.7. The molecule has 2 rings (SSSR count). The van der Waals surface area contributed by atoms with Gasteiger partial charge < -0.3 is 19.3 Å². The Bertz CT molecular complexity index is 363. The molecule has 0 aliphatic carbocycles. The van der Waals surface area contributed by atoms with Crippen LogP contribution in [-0.2, 0) is 20.8 Å². The minimum absolute atomic E-state index is 0.271. The molecule has 1 saturated heterocycles. The standard InChI is InChI=1S/C14H20O4/c1-11-17-10-14(2,15)13(18-11)9-16-8-12-6-4-3-5-7-12/h3-7,11,13,15H,8-10H2,1-2H3/t11-,13+,14-/m1/s1. The Kier molecular flexibility index (Phi) is 4.35. The molecule has 4 nitrogen and oxygen atoms in total. The zero-order valence-corrected chi connectivity index (χ0v) is 10.8. The molecule has 0 unspecified atom stereocenters. The van der Waals surface area contributed by atoms with Crippen LogP contribution in [0.5, 0.6) is 0 Å². The lowest BCUT2D eigenvalue weighted by molar-refractivity contribution is -0.286. The van der Waals surface area contributed by atoms with Crippen LogP contribution in [0.1, 0.15) is 19.4 Å². The summed E-state index contributed by atoms with van der Waals surface area (Å²) in [5, 5.41) is 10.1. The van der Waals surface area contributed by atoms with Gasteiger partial charge in [-0.15, -0.1) is 0 Å². The zero-order valence-electron chi connectivity index (χ0n) is 10.8. The van der Waals surface area contributed by atoms with E-state index in [1.165, 1.54) is 0 Å². The van der Waals surface area contributed by atoms with E-state index in [0.29, 0.717) is 13.2 Å². The van der Waals surface area contributed by atoms with E-state index >= 15 is 0 Å². The van der Waals surface area contributed by atoms with Gasteiger partial charge in [0.05, 0.1) is 19.8 Å². The molecule has 1 fully saturated rings.